The molecule has 38 heavy (non-hydrogen) atoms. The maximum absolute atomic E-state index is 6.11. The van der Waals surface area contributed by atoms with E-state index in [-0.39, 0.29) is 0 Å². The molecule has 0 radical (unpaired) electrons. The fraction of sp³-hybridized carbons (Fsp3) is 0.0909. The van der Waals surface area contributed by atoms with Crippen LogP contribution in [0.2, 0.25) is 0 Å². The van der Waals surface area contributed by atoms with Crippen molar-refractivity contribution in [1.82, 2.24) is 4.57 Å². The highest BCUT2D eigenvalue weighted by molar-refractivity contribution is 8.26. The van der Waals surface area contributed by atoms with Gasteiger partial charge in [0.1, 0.15) is 12.4 Å². The lowest BCUT2D eigenvalue weighted by Gasteiger charge is -2.11. The lowest BCUT2D eigenvalue weighted by molar-refractivity contribution is 0.306. The number of hydrogen-bond donors (Lipinski definition) is 0. The van der Waals surface area contributed by atoms with Crippen LogP contribution < -0.4 is 4.74 Å². The van der Waals surface area contributed by atoms with Gasteiger partial charge in [-0.15, -0.1) is 0 Å². The van der Waals surface area contributed by atoms with Crippen molar-refractivity contribution in [3.05, 3.63) is 142 Å². The summed E-state index contributed by atoms with van der Waals surface area (Å²) in [4.78, 5) is 5.32. The highest BCUT2D eigenvalue weighted by Gasteiger charge is 2.13. The SMILES string of the molecule is S=C1N=C/C(=C\c2cc3cc(OCc4ccccc4)ccc3n2Cc2ccc(Cc3ccccc3)cc2)S1. The predicted molar refractivity (Wildman–Crippen MR) is 164 cm³/mol. The Morgan fingerprint density at radius 3 is 2.16 bits per heavy atom. The molecule has 0 saturated carbocycles. The summed E-state index contributed by atoms with van der Waals surface area (Å²) in [5, 5.41) is 1.14. The van der Waals surface area contributed by atoms with E-state index in [1.54, 1.807) is 0 Å². The first-order chi connectivity index (χ1) is 18.7. The van der Waals surface area contributed by atoms with Crippen LogP contribution in [0.15, 0.2) is 119 Å². The Kier molecular flexibility index (Phi) is 7.20. The zero-order chi connectivity index (χ0) is 25.7. The molecule has 0 amide bonds. The second-order valence-electron chi connectivity index (χ2n) is 9.30. The van der Waals surface area contributed by atoms with Crippen LogP contribution in [-0.4, -0.2) is 15.1 Å². The van der Waals surface area contributed by atoms with Gasteiger partial charge in [-0.2, -0.15) is 0 Å². The van der Waals surface area contributed by atoms with E-state index in [0.29, 0.717) is 10.9 Å². The van der Waals surface area contributed by atoms with Crippen molar-refractivity contribution in [2.45, 2.75) is 19.6 Å². The molecule has 0 unspecified atom stereocenters. The fourth-order valence-electron chi connectivity index (χ4n) is 4.66. The van der Waals surface area contributed by atoms with Crippen molar-refractivity contribution in [3.8, 4) is 5.75 Å². The molecule has 1 aromatic heterocycles. The molecule has 0 atom stereocenters. The Labute approximate surface area is 232 Å². The molecule has 6 rings (SSSR count). The second-order valence-corrected chi connectivity index (χ2v) is 11.0. The van der Waals surface area contributed by atoms with Crippen LogP contribution in [-0.2, 0) is 19.6 Å². The van der Waals surface area contributed by atoms with E-state index in [2.05, 4.69) is 107 Å². The van der Waals surface area contributed by atoms with Crippen molar-refractivity contribution in [2.24, 2.45) is 4.99 Å². The van der Waals surface area contributed by atoms with Crippen molar-refractivity contribution >= 4 is 51.5 Å². The Hall–Kier alpha value is -3.93. The van der Waals surface area contributed by atoms with Gasteiger partial charge in [-0.25, -0.2) is 4.99 Å². The van der Waals surface area contributed by atoms with Gasteiger partial charge >= 0.3 is 0 Å². The minimum Gasteiger partial charge on any atom is -0.489 e. The summed E-state index contributed by atoms with van der Waals surface area (Å²) < 4.78 is 9.12. The van der Waals surface area contributed by atoms with Gasteiger partial charge in [0.15, 0.2) is 4.32 Å². The Balaban J connectivity index is 1.28. The highest BCUT2D eigenvalue weighted by atomic mass is 32.2. The van der Waals surface area contributed by atoms with E-state index in [1.807, 2.05) is 24.4 Å². The summed E-state index contributed by atoms with van der Waals surface area (Å²) in [6.45, 7) is 1.31. The Morgan fingerprint density at radius 2 is 1.45 bits per heavy atom. The van der Waals surface area contributed by atoms with Gasteiger partial charge < -0.3 is 9.30 Å². The summed E-state index contributed by atoms with van der Waals surface area (Å²) >= 11 is 6.79. The topological polar surface area (TPSA) is 26.5 Å². The molecule has 2 heterocycles. The first-order valence-electron chi connectivity index (χ1n) is 12.6. The summed E-state index contributed by atoms with van der Waals surface area (Å²) in [6, 6.07) is 38.3. The summed E-state index contributed by atoms with van der Waals surface area (Å²) in [7, 11) is 0. The first kappa shape index (κ1) is 24.4. The van der Waals surface area contributed by atoms with E-state index in [9.17, 15) is 0 Å². The number of aliphatic imine (C=N–C) groups is 1. The molecule has 0 N–H and O–H groups in total. The third-order valence-corrected chi connectivity index (χ3v) is 7.65. The van der Waals surface area contributed by atoms with Gasteiger partial charge in [0.2, 0.25) is 0 Å². The molecule has 1 aliphatic rings. The molecule has 5 heteroatoms. The van der Waals surface area contributed by atoms with Crippen molar-refractivity contribution in [2.75, 3.05) is 0 Å². The van der Waals surface area contributed by atoms with E-state index in [1.165, 1.54) is 34.0 Å². The Morgan fingerprint density at radius 1 is 0.763 bits per heavy atom. The standard InChI is InChI=1S/C33H26N2OS2/c37-33-34-21-31(38-33)20-29-18-28-19-30(36-23-27-9-5-2-6-10-27)15-16-32(28)35(29)22-26-13-11-25(12-14-26)17-24-7-3-1-4-8-24/h1-16,18-21H,17,22-23H2/b31-20+. The van der Waals surface area contributed by atoms with Crippen LogP contribution in [0.5, 0.6) is 5.75 Å². The predicted octanol–water partition coefficient (Wildman–Crippen LogP) is 8.30. The van der Waals surface area contributed by atoms with Gasteiger partial charge in [-0.3, -0.25) is 0 Å². The zero-order valence-electron chi connectivity index (χ0n) is 20.8. The lowest BCUT2D eigenvalue weighted by Crippen LogP contribution is -2.02. The Bertz CT molecular complexity index is 1640. The van der Waals surface area contributed by atoms with Crippen LogP contribution in [0.1, 0.15) is 27.9 Å². The zero-order valence-corrected chi connectivity index (χ0v) is 22.4. The van der Waals surface area contributed by atoms with Crippen LogP contribution in [0.25, 0.3) is 17.0 Å². The molecule has 0 fully saturated rings. The van der Waals surface area contributed by atoms with E-state index < -0.39 is 0 Å². The van der Waals surface area contributed by atoms with Gasteiger partial charge in [-0.05, 0) is 59.0 Å². The van der Waals surface area contributed by atoms with Crippen molar-refractivity contribution in [3.63, 3.8) is 0 Å². The van der Waals surface area contributed by atoms with E-state index in [0.717, 1.165) is 40.3 Å². The summed E-state index contributed by atoms with van der Waals surface area (Å²) in [5.74, 6) is 0.862. The van der Waals surface area contributed by atoms with Crippen LogP contribution in [0, 0.1) is 0 Å². The average Bonchev–Trinajstić information content (AvgIpc) is 3.52. The number of rotatable bonds is 8. The van der Waals surface area contributed by atoms with Crippen molar-refractivity contribution < 1.29 is 4.74 Å². The first-order valence-corrected chi connectivity index (χ1v) is 13.8. The van der Waals surface area contributed by atoms with Gasteiger partial charge in [0.25, 0.3) is 0 Å². The molecule has 186 valence electrons. The monoisotopic (exact) mass is 530 g/mol. The largest absolute Gasteiger partial charge is 0.489 e. The molecule has 1 aliphatic heterocycles. The van der Waals surface area contributed by atoms with E-state index >= 15 is 0 Å². The molecular formula is C33H26N2OS2. The van der Waals surface area contributed by atoms with Crippen LogP contribution in [0.4, 0.5) is 0 Å². The number of allylic oxidation sites excluding steroid dienone is 1. The third-order valence-electron chi connectivity index (χ3n) is 6.56. The number of aromatic nitrogens is 1. The molecular weight excluding hydrogens is 505 g/mol. The number of fused-ring (bicyclic) bond motifs is 1. The number of benzene rings is 4. The molecule has 4 aromatic carbocycles. The molecule has 0 bridgehead atoms. The van der Waals surface area contributed by atoms with Gasteiger partial charge in [0, 0.05) is 34.3 Å². The summed E-state index contributed by atoms with van der Waals surface area (Å²) in [5.41, 5.74) is 7.33. The molecule has 3 nitrogen and oxygen atoms in total. The van der Waals surface area contributed by atoms with Gasteiger partial charge in [0.05, 0.1) is 0 Å². The molecule has 0 aliphatic carbocycles. The highest BCUT2D eigenvalue weighted by Crippen LogP contribution is 2.31. The molecule has 5 aromatic rings. The molecule has 0 saturated heterocycles. The number of nitrogens with zero attached hydrogens (tertiary/aromatic N) is 2. The fourth-order valence-corrected chi connectivity index (χ4v) is 5.59. The number of ether oxygens (including phenoxy) is 1. The smallest absolute Gasteiger partial charge is 0.164 e. The minimum absolute atomic E-state index is 0.545. The van der Waals surface area contributed by atoms with Crippen LogP contribution in [0.3, 0.4) is 0 Å². The lowest BCUT2D eigenvalue weighted by atomic mass is 10.0. The van der Waals surface area contributed by atoms with E-state index in [4.69, 9.17) is 17.0 Å². The maximum Gasteiger partial charge on any atom is 0.164 e. The summed E-state index contributed by atoms with van der Waals surface area (Å²) in [6.07, 6.45) is 4.96. The third kappa shape index (κ3) is 5.80. The number of thioether (sulfide) groups is 1. The molecule has 0 spiro atoms. The average molecular weight is 531 g/mol. The normalized spacial score (nSPS) is 14.0. The maximum atomic E-state index is 6.11. The van der Waals surface area contributed by atoms with Gasteiger partial charge in [-0.1, -0.05) is 109 Å². The van der Waals surface area contributed by atoms with Crippen molar-refractivity contribution in [1.29, 1.82) is 0 Å². The number of hydrogen-bond acceptors (Lipinski definition) is 3. The van der Waals surface area contributed by atoms with Crippen LogP contribution >= 0.6 is 24.0 Å². The quantitative estimate of drug-likeness (QED) is 0.189. The number of thiocarbonyl (C=S) groups is 1. The minimum atomic E-state index is 0.545. The second kappa shape index (κ2) is 11.2.